The Balaban J connectivity index is 1.23. The number of nitrogens with zero attached hydrogens (tertiary/aromatic N) is 2. The number of carbonyl (C=O) groups excluding carboxylic acids is 1. The summed E-state index contributed by atoms with van der Waals surface area (Å²) in [5, 5.41) is 6.74. The number of nitrogens with two attached hydrogens (primary N) is 1. The fraction of sp³-hybridized carbons (Fsp3) is 0.360. The van der Waals surface area contributed by atoms with Crippen LogP contribution in [0.3, 0.4) is 0 Å². The van der Waals surface area contributed by atoms with E-state index < -0.39 is 12.0 Å². The van der Waals surface area contributed by atoms with Crippen LogP contribution in [0.25, 0.3) is 21.8 Å². The highest BCUT2D eigenvalue weighted by molar-refractivity contribution is 6.07. The van der Waals surface area contributed by atoms with E-state index in [2.05, 4.69) is 63.0 Å². The van der Waals surface area contributed by atoms with Gasteiger partial charge in [-0.3, -0.25) is 4.79 Å². The molecule has 2 N–H and O–H groups in total. The van der Waals surface area contributed by atoms with Gasteiger partial charge in [0.1, 0.15) is 12.6 Å². The molecule has 4 rings (SSSR count). The van der Waals surface area contributed by atoms with E-state index in [1.54, 1.807) is 0 Å². The van der Waals surface area contributed by atoms with Gasteiger partial charge in [-0.2, -0.15) is 0 Å². The first-order valence-electron chi connectivity index (χ1n) is 11.0. The van der Waals surface area contributed by atoms with Crippen LogP contribution in [0.5, 0.6) is 0 Å². The number of benzene rings is 2. The Bertz CT molecular complexity index is 1130. The minimum Gasteiger partial charge on any atom is -0.468 e. The Hall–Kier alpha value is -3.16. The van der Waals surface area contributed by atoms with Crippen LogP contribution < -0.4 is 5.73 Å². The molecule has 168 valence electrons. The van der Waals surface area contributed by atoms with Gasteiger partial charge in [0.15, 0.2) is 5.76 Å². The second-order valence-electron chi connectivity index (χ2n) is 7.93. The van der Waals surface area contributed by atoms with E-state index in [-0.39, 0.29) is 13.2 Å². The first kappa shape index (κ1) is 22.0. The lowest BCUT2D eigenvalue weighted by Gasteiger charge is -2.08. The lowest BCUT2D eigenvalue weighted by atomic mass is 10.1. The van der Waals surface area contributed by atoms with Crippen LogP contribution in [0.2, 0.25) is 0 Å². The Morgan fingerprint density at radius 2 is 1.75 bits per heavy atom. The number of esters is 1. The maximum absolute atomic E-state index is 11.3. The van der Waals surface area contributed by atoms with Crippen LogP contribution in [0, 0.1) is 0 Å². The molecule has 32 heavy (non-hydrogen) atoms. The topological polar surface area (TPSA) is 92.5 Å². The number of aryl methyl sites for hydroxylation is 2. The second-order valence-corrected chi connectivity index (χ2v) is 7.93. The molecule has 0 amide bonds. The van der Waals surface area contributed by atoms with E-state index in [0.717, 1.165) is 37.9 Å². The molecular formula is C25H29N3O4. The van der Waals surface area contributed by atoms with E-state index in [9.17, 15) is 4.79 Å². The van der Waals surface area contributed by atoms with E-state index in [1.807, 2.05) is 6.07 Å². The van der Waals surface area contributed by atoms with E-state index in [4.69, 9.17) is 15.0 Å². The fourth-order valence-corrected chi connectivity index (χ4v) is 4.04. The zero-order valence-corrected chi connectivity index (χ0v) is 18.3. The summed E-state index contributed by atoms with van der Waals surface area (Å²) >= 11 is 0. The summed E-state index contributed by atoms with van der Waals surface area (Å²) in [6.45, 7) is 1.29. The number of hydrogen-bond acceptors (Lipinski definition) is 6. The third-order valence-electron chi connectivity index (χ3n) is 5.65. The Kier molecular flexibility index (Phi) is 7.19. The highest BCUT2D eigenvalue weighted by atomic mass is 16.5. The Morgan fingerprint density at radius 3 is 2.44 bits per heavy atom. The normalized spacial score (nSPS) is 12.4. The van der Waals surface area contributed by atoms with Crippen molar-refractivity contribution in [1.29, 1.82) is 0 Å². The monoisotopic (exact) mass is 435 g/mol. The third kappa shape index (κ3) is 5.00. The third-order valence-corrected chi connectivity index (χ3v) is 5.65. The van der Waals surface area contributed by atoms with Crippen molar-refractivity contribution in [3.05, 3.63) is 66.1 Å². The molecule has 0 saturated heterocycles. The largest absolute Gasteiger partial charge is 0.468 e. The predicted molar refractivity (Wildman–Crippen MR) is 123 cm³/mol. The smallest absolute Gasteiger partial charge is 0.325 e. The first-order valence-corrected chi connectivity index (χ1v) is 11.0. The molecule has 0 fully saturated rings. The standard InChI is InChI=1S/C25H29N3O4/c1-30-25(29)22(26)17-31-16-19-15-18(27-32-19)9-3-2-8-14-28-23-12-6-4-10-20(23)21-11-5-7-13-24(21)28/h4-7,10-13,15,22H,2-3,8-9,14,16-17,26H2,1H3/t22-/m0/s1. The molecule has 2 aromatic carbocycles. The zero-order chi connectivity index (χ0) is 22.3. The lowest BCUT2D eigenvalue weighted by Crippen LogP contribution is -2.36. The van der Waals surface area contributed by atoms with Crippen molar-refractivity contribution in [2.75, 3.05) is 13.7 Å². The molecule has 0 aliphatic heterocycles. The summed E-state index contributed by atoms with van der Waals surface area (Å²) in [6.07, 6.45) is 4.10. The molecule has 7 nitrogen and oxygen atoms in total. The van der Waals surface area contributed by atoms with Gasteiger partial charge in [-0.15, -0.1) is 0 Å². The summed E-state index contributed by atoms with van der Waals surface area (Å²) in [5.74, 6) is 0.131. The van der Waals surface area contributed by atoms with Crippen molar-refractivity contribution in [2.24, 2.45) is 5.73 Å². The molecule has 4 aromatic rings. The van der Waals surface area contributed by atoms with Crippen LogP contribution in [-0.2, 0) is 33.8 Å². The zero-order valence-electron chi connectivity index (χ0n) is 18.3. The first-order chi connectivity index (χ1) is 15.7. The second kappa shape index (κ2) is 10.4. The van der Waals surface area contributed by atoms with Gasteiger partial charge in [-0.05, 0) is 31.4 Å². The number of para-hydroxylation sites is 2. The van der Waals surface area contributed by atoms with Gasteiger partial charge in [-0.1, -0.05) is 48.0 Å². The van der Waals surface area contributed by atoms with Crippen LogP contribution in [0.4, 0.5) is 0 Å². The number of carbonyl (C=O) groups is 1. The number of unbranched alkanes of at least 4 members (excludes halogenated alkanes) is 2. The number of methoxy groups -OCH3 is 1. The minimum atomic E-state index is -0.795. The van der Waals surface area contributed by atoms with Gasteiger partial charge >= 0.3 is 5.97 Å². The molecule has 0 radical (unpaired) electrons. The predicted octanol–water partition coefficient (Wildman–Crippen LogP) is 4.21. The molecule has 0 spiro atoms. The molecule has 1 atom stereocenters. The number of fused-ring (bicyclic) bond motifs is 3. The van der Waals surface area contributed by atoms with Gasteiger partial charge < -0.3 is 24.3 Å². The van der Waals surface area contributed by atoms with Crippen molar-refractivity contribution in [3.8, 4) is 0 Å². The average Bonchev–Trinajstić information content (AvgIpc) is 3.41. The molecule has 0 aliphatic carbocycles. The summed E-state index contributed by atoms with van der Waals surface area (Å²) in [4.78, 5) is 11.3. The fourth-order valence-electron chi connectivity index (χ4n) is 4.04. The van der Waals surface area contributed by atoms with Gasteiger partial charge in [0.25, 0.3) is 0 Å². The molecular weight excluding hydrogens is 406 g/mol. The van der Waals surface area contributed by atoms with E-state index in [0.29, 0.717) is 5.76 Å². The molecule has 0 unspecified atom stereocenters. The minimum absolute atomic E-state index is 0.0749. The van der Waals surface area contributed by atoms with Gasteiger partial charge in [0.2, 0.25) is 0 Å². The van der Waals surface area contributed by atoms with Crippen LogP contribution in [-0.4, -0.2) is 35.5 Å². The van der Waals surface area contributed by atoms with Gasteiger partial charge in [0.05, 0.1) is 19.4 Å². The van der Waals surface area contributed by atoms with Crippen LogP contribution in [0.1, 0.15) is 30.7 Å². The van der Waals surface area contributed by atoms with Crippen molar-refractivity contribution in [1.82, 2.24) is 9.72 Å². The van der Waals surface area contributed by atoms with Crippen LogP contribution >= 0.6 is 0 Å². The Morgan fingerprint density at radius 1 is 1.06 bits per heavy atom. The quantitative estimate of drug-likeness (QED) is 0.280. The van der Waals surface area contributed by atoms with Gasteiger partial charge in [0, 0.05) is 34.4 Å². The number of ether oxygens (including phenoxy) is 2. The Labute approximate surface area is 187 Å². The highest BCUT2D eigenvalue weighted by Crippen LogP contribution is 2.29. The summed E-state index contributed by atoms with van der Waals surface area (Å²) in [7, 11) is 1.30. The summed E-state index contributed by atoms with van der Waals surface area (Å²) in [5.41, 5.74) is 9.14. The van der Waals surface area contributed by atoms with Crippen LogP contribution in [0.15, 0.2) is 59.1 Å². The maximum atomic E-state index is 11.3. The maximum Gasteiger partial charge on any atom is 0.325 e. The van der Waals surface area contributed by atoms with E-state index in [1.165, 1.54) is 28.9 Å². The van der Waals surface area contributed by atoms with Crippen molar-refractivity contribution in [2.45, 2.75) is 44.9 Å². The number of aromatic nitrogens is 2. The molecule has 7 heteroatoms. The van der Waals surface area contributed by atoms with Crippen molar-refractivity contribution < 1.29 is 18.8 Å². The molecule has 2 aromatic heterocycles. The van der Waals surface area contributed by atoms with E-state index >= 15 is 0 Å². The molecule has 0 bridgehead atoms. The molecule has 0 saturated carbocycles. The van der Waals surface area contributed by atoms with Crippen molar-refractivity contribution >= 4 is 27.8 Å². The molecule has 2 heterocycles. The van der Waals surface area contributed by atoms with Gasteiger partial charge in [-0.25, -0.2) is 0 Å². The lowest BCUT2D eigenvalue weighted by molar-refractivity contribution is -0.143. The van der Waals surface area contributed by atoms with Crippen molar-refractivity contribution in [3.63, 3.8) is 0 Å². The summed E-state index contributed by atoms with van der Waals surface area (Å²) < 4.78 is 17.7. The average molecular weight is 436 g/mol. The summed E-state index contributed by atoms with van der Waals surface area (Å²) in [6, 6.07) is 18.3. The molecule has 0 aliphatic rings. The SMILES string of the molecule is COC(=O)[C@@H](N)COCc1cc(CCCCCn2c3ccccc3c3ccccc32)no1. The number of hydrogen-bond donors (Lipinski definition) is 1. The number of rotatable bonds is 11. The highest BCUT2D eigenvalue weighted by Gasteiger charge is 2.14.